The summed E-state index contributed by atoms with van der Waals surface area (Å²) in [4.78, 5) is 50.6. The first kappa shape index (κ1) is 37.8. The second-order valence-electron chi connectivity index (χ2n) is 13.3. The van der Waals surface area contributed by atoms with Crippen LogP contribution in [0.5, 0.6) is 0 Å². The van der Waals surface area contributed by atoms with E-state index in [-0.39, 0.29) is 23.5 Å². The Kier molecular flexibility index (Phi) is 18.6. The molecule has 0 aromatic carbocycles. The molecule has 240 valence electrons. The average Bonchev–Trinajstić information content (AvgIpc) is 2.92. The van der Waals surface area contributed by atoms with Crippen LogP contribution in [-0.2, 0) is 28.7 Å². The van der Waals surface area contributed by atoms with Crippen LogP contribution in [0.3, 0.4) is 0 Å². The van der Waals surface area contributed by atoms with Gasteiger partial charge in [-0.15, -0.1) is 0 Å². The fraction of sp³-hybridized carbons (Fsp3) is 0.778. The number of unbranched alkanes of at least 4 members (excludes halogenated alkanes) is 10. The second-order valence-corrected chi connectivity index (χ2v) is 13.3. The Morgan fingerprint density at radius 3 is 1.24 bits per heavy atom. The maximum absolute atomic E-state index is 13.2. The summed E-state index contributed by atoms with van der Waals surface area (Å²) < 4.78 is 10.7. The van der Waals surface area contributed by atoms with Crippen molar-refractivity contribution in [3.8, 4) is 0 Å². The van der Waals surface area contributed by atoms with Crippen LogP contribution in [0, 0.1) is 10.8 Å². The first-order valence-electron chi connectivity index (χ1n) is 16.8. The molecule has 0 saturated carbocycles. The van der Waals surface area contributed by atoms with Gasteiger partial charge in [0.2, 0.25) is 0 Å². The highest BCUT2D eigenvalue weighted by Crippen LogP contribution is 2.40. The number of hydrogen-bond acceptors (Lipinski definition) is 6. The molecule has 0 aliphatic heterocycles. The van der Waals surface area contributed by atoms with Crippen LogP contribution in [0.4, 0.5) is 0 Å². The number of rotatable bonds is 24. The predicted molar refractivity (Wildman–Crippen MR) is 170 cm³/mol. The van der Waals surface area contributed by atoms with Gasteiger partial charge in [-0.25, -0.2) is 0 Å². The maximum Gasteiger partial charge on any atom is 0.305 e. The van der Waals surface area contributed by atoms with Crippen molar-refractivity contribution in [3.05, 3.63) is 23.3 Å². The van der Waals surface area contributed by atoms with E-state index in [4.69, 9.17) is 9.47 Å². The summed E-state index contributed by atoms with van der Waals surface area (Å²) in [5, 5.41) is 0. The van der Waals surface area contributed by atoms with E-state index in [1.54, 1.807) is 0 Å². The van der Waals surface area contributed by atoms with Gasteiger partial charge in [-0.3, -0.25) is 19.2 Å². The van der Waals surface area contributed by atoms with Crippen molar-refractivity contribution in [1.29, 1.82) is 0 Å². The van der Waals surface area contributed by atoms with E-state index in [2.05, 4.69) is 13.8 Å². The van der Waals surface area contributed by atoms with Crippen LogP contribution in [0.25, 0.3) is 0 Å². The van der Waals surface area contributed by atoms with Gasteiger partial charge in [0, 0.05) is 24.0 Å². The molecule has 0 aromatic rings. The maximum atomic E-state index is 13.2. The summed E-state index contributed by atoms with van der Waals surface area (Å²) in [6, 6.07) is 0. The molecule has 0 unspecified atom stereocenters. The third kappa shape index (κ3) is 15.3. The Labute approximate surface area is 256 Å². The first-order valence-corrected chi connectivity index (χ1v) is 16.8. The fourth-order valence-corrected chi connectivity index (χ4v) is 5.52. The van der Waals surface area contributed by atoms with E-state index in [1.165, 1.54) is 63.5 Å². The monoisotopic (exact) mass is 588 g/mol. The Morgan fingerprint density at radius 1 is 0.548 bits per heavy atom. The van der Waals surface area contributed by atoms with E-state index >= 15 is 0 Å². The van der Waals surface area contributed by atoms with Gasteiger partial charge in [0.1, 0.15) is 0 Å². The summed E-state index contributed by atoms with van der Waals surface area (Å²) in [6.45, 7) is 13.1. The topological polar surface area (TPSA) is 86.7 Å². The molecule has 1 aliphatic carbocycles. The van der Waals surface area contributed by atoms with Crippen LogP contribution in [0.1, 0.15) is 157 Å². The molecule has 0 aromatic heterocycles. The number of ether oxygens (including phenoxy) is 2. The van der Waals surface area contributed by atoms with Crippen LogP contribution in [0.15, 0.2) is 23.3 Å². The summed E-state index contributed by atoms with van der Waals surface area (Å²) in [5.41, 5.74) is -0.0762. The van der Waals surface area contributed by atoms with E-state index in [0.29, 0.717) is 62.9 Å². The summed E-state index contributed by atoms with van der Waals surface area (Å²) >= 11 is 0. The lowest BCUT2D eigenvalue weighted by Crippen LogP contribution is -2.30. The molecule has 0 fully saturated rings. The highest BCUT2D eigenvalue weighted by atomic mass is 16.5. The molecule has 1 aliphatic rings. The van der Waals surface area contributed by atoms with E-state index in [1.807, 2.05) is 27.7 Å². The molecular formula is C36H60O6. The van der Waals surface area contributed by atoms with Crippen molar-refractivity contribution < 1.29 is 28.7 Å². The van der Waals surface area contributed by atoms with E-state index in [9.17, 15) is 19.2 Å². The van der Waals surface area contributed by atoms with Crippen LogP contribution in [-0.4, -0.2) is 36.7 Å². The minimum Gasteiger partial charge on any atom is -0.466 e. The normalized spacial score (nSPS) is 14.0. The molecule has 0 N–H and O–H groups in total. The minimum atomic E-state index is -0.530. The van der Waals surface area contributed by atoms with Crippen molar-refractivity contribution >= 4 is 23.5 Å². The van der Waals surface area contributed by atoms with Crippen molar-refractivity contribution in [2.75, 3.05) is 13.2 Å². The first-order chi connectivity index (χ1) is 19.9. The average molecular weight is 589 g/mol. The van der Waals surface area contributed by atoms with Gasteiger partial charge in [-0.2, -0.15) is 0 Å². The standard InChI is InChI=1S/C36H60O6/c1-7-9-11-13-15-17-25-41-33(39)21-19-23-35(3,4)29-27-32(38)30(28-31(29)37)36(5,6)24-20-22-34(40)42-26-18-16-14-12-10-8-2/h27-28H,7-26H2,1-6H3. The summed E-state index contributed by atoms with van der Waals surface area (Å²) in [7, 11) is 0. The van der Waals surface area contributed by atoms with Crippen LogP contribution in [0.2, 0.25) is 0 Å². The van der Waals surface area contributed by atoms with Gasteiger partial charge in [-0.1, -0.05) is 106 Å². The zero-order valence-corrected chi connectivity index (χ0v) is 27.7. The second kappa shape index (κ2) is 20.6. The number of carbonyl (C=O) groups excluding carboxylic acids is 4. The Bertz CT molecular complexity index is 834. The highest BCUT2D eigenvalue weighted by molar-refractivity contribution is 6.20. The number of ketones is 2. The molecule has 0 heterocycles. The quantitative estimate of drug-likeness (QED) is 0.0634. The Morgan fingerprint density at radius 2 is 0.881 bits per heavy atom. The summed E-state index contributed by atoms with van der Waals surface area (Å²) in [6.07, 6.45) is 19.8. The lowest BCUT2D eigenvalue weighted by Gasteiger charge is -2.32. The van der Waals surface area contributed by atoms with Crippen LogP contribution < -0.4 is 0 Å². The van der Waals surface area contributed by atoms with Gasteiger partial charge in [0.15, 0.2) is 11.6 Å². The number of allylic oxidation sites excluding steroid dienone is 4. The number of esters is 2. The molecule has 0 saturated heterocycles. The van der Waals surface area contributed by atoms with Crippen molar-refractivity contribution in [1.82, 2.24) is 0 Å². The Balaban J connectivity index is 2.44. The fourth-order valence-electron chi connectivity index (χ4n) is 5.52. The van der Waals surface area contributed by atoms with Gasteiger partial charge in [-0.05, 0) is 61.5 Å². The third-order valence-corrected chi connectivity index (χ3v) is 8.43. The molecule has 0 bridgehead atoms. The van der Waals surface area contributed by atoms with E-state index < -0.39 is 10.8 Å². The van der Waals surface area contributed by atoms with Crippen molar-refractivity contribution in [2.24, 2.45) is 10.8 Å². The Hall–Kier alpha value is -2.24. The molecule has 0 amide bonds. The highest BCUT2D eigenvalue weighted by Gasteiger charge is 2.36. The largest absolute Gasteiger partial charge is 0.466 e. The predicted octanol–water partition coefficient (Wildman–Crippen LogP) is 9.19. The smallest absolute Gasteiger partial charge is 0.305 e. The van der Waals surface area contributed by atoms with Gasteiger partial charge >= 0.3 is 11.9 Å². The molecular weight excluding hydrogens is 528 g/mol. The molecule has 1 rings (SSSR count). The third-order valence-electron chi connectivity index (χ3n) is 8.43. The molecule has 0 radical (unpaired) electrons. The number of hydrogen-bond donors (Lipinski definition) is 0. The van der Waals surface area contributed by atoms with Crippen LogP contribution >= 0.6 is 0 Å². The zero-order chi connectivity index (χ0) is 31.4. The molecule has 0 spiro atoms. The van der Waals surface area contributed by atoms with Gasteiger partial charge < -0.3 is 9.47 Å². The SMILES string of the molecule is CCCCCCCCOC(=O)CCCC(C)(C)C1=CC(=O)C(C(C)(C)CCCC(=O)OCCCCCCCC)=CC1=O. The molecule has 0 atom stereocenters. The van der Waals surface area contributed by atoms with E-state index in [0.717, 1.165) is 25.7 Å². The van der Waals surface area contributed by atoms with Crippen molar-refractivity contribution in [3.63, 3.8) is 0 Å². The number of carbonyl (C=O) groups is 4. The molecule has 6 heteroatoms. The minimum absolute atomic E-state index is 0.147. The molecule has 42 heavy (non-hydrogen) atoms. The zero-order valence-electron chi connectivity index (χ0n) is 27.7. The lowest BCUT2D eigenvalue weighted by atomic mass is 9.70. The van der Waals surface area contributed by atoms with Gasteiger partial charge in [0.05, 0.1) is 13.2 Å². The molecule has 6 nitrogen and oxygen atoms in total. The summed E-state index contributed by atoms with van der Waals surface area (Å²) in [5.74, 6) is -0.692. The van der Waals surface area contributed by atoms with Gasteiger partial charge in [0.25, 0.3) is 0 Å². The van der Waals surface area contributed by atoms with Crippen molar-refractivity contribution in [2.45, 2.75) is 157 Å². The lowest BCUT2D eigenvalue weighted by molar-refractivity contribution is -0.144.